The maximum absolute atomic E-state index is 12.7. The molecule has 0 saturated carbocycles. The molecule has 0 radical (unpaired) electrons. The van der Waals surface area contributed by atoms with E-state index in [-0.39, 0.29) is 11.6 Å². The molecule has 27 heavy (non-hydrogen) atoms. The SMILES string of the molecule is [O-]/C(=N\c1c[n+](CCc2ccccc2)no1)Nc1cccc(C(F)(F)F)c1. The van der Waals surface area contributed by atoms with Crippen molar-refractivity contribution in [2.75, 3.05) is 5.32 Å². The van der Waals surface area contributed by atoms with E-state index in [1.165, 1.54) is 23.0 Å². The fraction of sp³-hybridized carbons (Fsp3) is 0.167. The largest absolute Gasteiger partial charge is 0.846 e. The highest BCUT2D eigenvalue weighted by atomic mass is 19.4. The maximum atomic E-state index is 12.7. The Morgan fingerprint density at radius 1 is 1.15 bits per heavy atom. The molecule has 0 aliphatic rings. The first-order valence-electron chi connectivity index (χ1n) is 8.00. The lowest BCUT2D eigenvalue weighted by Gasteiger charge is -2.14. The zero-order valence-corrected chi connectivity index (χ0v) is 14.0. The normalized spacial score (nSPS) is 12.2. The topological polar surface area (TPSA) is 77.4 Å². The van der Waals surface area contributed by atoms with Crippen molar-refractivity contribution in [2.24, 2.45) is 4.99 Å². The number of hydrogen-bond acceptors (Lipinski definition) is 4. The van der Waals surface area contributed by atoms with Gasteiger partial charge in [0.05, 0.1) is 11.6 Å². The first-order valence-corrected chi connectivity index (χ1v) is 8.00. The average molecular weight is 376 g/mol. The Morgan fingerprint density at radius 3 is 2.67 bits per heavy atom. The Bertz CT molecular complexity index is 924. The molecule has 0 bridgehead atoms. The van der Waals surface area contributed by atoms with Crippen molar-refractivity contribution in [3.8, 4) is 0 Å². The minimum atomic E-state index is -4.49. The van der Waals surface area contributed by atoms with Crippen LogP contribution in [0.15, 0.2) is 70.3 Å². The lowest BCUT2D eigenvalue weighted by atomic mass is 10.1. The van der Waals surface area contributed by atoms with E-state index in [0.717, 1.165) is 17.7 Å². The van der Waals surface area contributed by atoms with Crippen molar-refractivity contribution < 1.29 is 27.5 Å². The van der Waals surface area contributed by atoms with Crippen LogP contribution in [0, 0.1) is 0 Å². The van der Waals surface area contributed by atoms with Gasteiger partial charge in [0.15, 0.2) is 6.54 Å². The summed E-state index contributed by atoms with van der Waals surface area (Å²) in [5.41, 5.74) is 0.238. The van der Waals surface area contributed by atoms with E-state index in [2.05, 4.69) is 15.6 Å². The number of alkyl halides is 3. The number of aliphatic imine (C=N–C) groups is 1. The predicted octanol–water partition coefficient (Wildman–Crippen LogP) is 2.68. The van der Waals surface area contributed by atoms with Gasteiger partial charge in [0.2, 0.25) is 5.27 Å². The van der Waals surface area contributed by atoms with E-state index in [1.807, 2.05) is 30.3 Å². The van der Waals surface area contributed by atoms with Crippen LogP contribution < -0.4 is 15.1 Å². The number of aryl methyl sites for hydroxylation is 2. The molecule has 6 nitrogen and oxygen atoms in total. The summed E-state index contributed by atoms with van der Waals surface area (Å²) in [4.78, 5) is 3.64. The maximum Gasteiger partial charge on any atom is 0.416 e. The Balaban J connectivity index is 1.62. The number of amidine groups is 1. The monoisotopic (exact) mass is 376 g/mol. The zero-order valence-electron chi connectivity index (χ0n) is 14.0. The molecule has 0 fully saturated rings. The number of rotatable bonds is 5. The molecular formula is C18H15F3N4O2. The van der Waals surface area contributed by atoms with Gasteiger partial charge >= 0.3 is 12.1 Å². The number of nitrogens with zero attached hydrogens (tertiary/aromatic N) is 3. The smallest absolute Gasteiger partial charge is 0.416 e. The predicted molar refractivity (Wildman–Crippen MR) is 89.0 cm³/mol. The molecule has 140 valence electrons. The summed E-state index contributed by atoms with van der Waals surface area (Å²) in [6.45, 7) is 0.526. The van der Waals surface area contributed by atoms with Gasteiger partial charge in [0, 0.05) is 12.1 Å². The molecule has 0 spiro atoms. The minimum absolute atomic E-state index is 0.0185. The van der Waals surface area contributed by atoms with Gasteiger partial charge < -0.3 is 10.4 Å². The third-order valence-electron chi connectivity index (χ3n) is 3.62. The van der Waals surface area contributed by atoms with Crippen molar-refractivity contribution in [1.29, 1.82) is 0 Å². The summed E-state index contributed by atoms with van der Waals surface area (Å²) in [6, 6.07) is 13.2. The number of benzene rings is 2. The summed E-state index contributed by atoms with van der Waals surface area (Å²) in [6.07, 6.45) is -2.34. The van der Waals surface area contributed by atoms with E-state index in [0.29, 0.717) is 13.0 Å². The molecule has 0 atom stereocenters. The molecule has 3 aromatic rings. The van der Waals surface area contributed by atoms with Crippen molar-refractivity contribution in [3.63, 3.8) is 0 Å². The third kappa shape index (κ3) is 5.30. The van der Waals surface area contributed by atoms with E-state index < -0.39 is 17.8 Å². The standard InChI is InChI=1S/C18H15F3N4O2/c19-18(20,21)14-7-4-8-15(11-14)22-17(26)23-16-12-25(24-27-16)10-9-13-5-2-1-3-6-13/h1-8,11-12H,9-10H2,(H-,22,23,24,26). The molecule has 0 amide bonds. The molecule has 2 aromatic carbocycles. The van der Waals surface area contributed by atoms with Crippen LogP contribution in [0.25, 0.3) is 0 Å². The summed E-state index contributed by atoms with van der Waals surface area (Å²) in [5.74, 6) is -0.0486. The second-order valence-corrected chi connectivity index (χ2v) is 5.66. The fourth-order valence-corrected chi connectivity index (χ4v) is 2.34. The molecule has 0 aliphatic heterocycles. The molecule has 1 N–H and O–H groups in total. The Kier molecular flexibility index (Phi) is 5.39. The Labute approximate surface area is 152 Å². The highest BCUT2D eigenvalue weighted by Crippen LogP contribution is 2.30. The van der Waals surface area contributed by atoms with Gasteiger partial charge in [-0.25, -0.2) is 4.99 Å². The van der Waals surface area contributed by atoms with Crippen LogP contribution in [0.1, 0.15) is 11.1 Å². The van der Waals surface area contributed by atoms with Crippen molar-refractivity contribution in [2.45, 2.75) is 19.1 Å². The lowest BCUT2D eigenvalue weighted by Crippen LogP contribution is -2.35. The molecule has 9 heteroatoms. The van der Waals surface area contributed by atoms with Crippen LogP contribution in [0.5, 0.6) is 0 Å². The summed E-state index contributed by atoms with van der Waals surface area (Å²) < 4.78 is 44.5. The van der Waals surface area contributed by atoms with Crippen molar-refractivity contribution >= 4 is 17.6 Å². The second-order valence-electron chi connectivity index (χ2n) is 5.66. The van der Waals surface area contributed by atoms with Gasteiger partial charge in [-0.15, -0.1) is 0 Å². The molecule has 1 heterocycles. The first kappa shape index (κ1) is 18.4. The van der Waals surface area contributed by atoms with Gasteiger partial charge in [-0.05, 0) is 23.8 Å². The van der Waals surface area contributed by atoms with Crippen LogP contribution in [-0.2, 0) is 19.1 Å². The molecular weight excluding hydrogens is 361 g/mol. The van der Waals surface area contributed by atoms with Gasteiger partial charge in [-0.1, -0.05) is 41.1 Å². The third-order valence-corrected chi connectivity index (χ3v) is 3.62. The molecule has 3 rings (SSSR count). The average Bonchev–Trinajstić information content (AvgIpc) is 3.07. The second kappa shape index (κ2) is 7.90. The van der Waals surface area contributed by atoms with Crippen LogP contribution in [0.2, 0.25) is 0 Å². The number of halogens is 3. The summed E-state index contributed by atoms with van der Waals surface area (Å²) >= 11 is 0. The van der Waals surface area contributed by atoms with Gasteiger partial charge in [0.25, 0.3) is 6.20 Å². The van der Waals surface area contributed by atoms with Crippen LogP contribution >= 0.6 is 0 Å². The van der Waals surface area contributed by atoms with Gasteiger partial charge in [-0.3, -0.25) is 4.52 Å². The number of aromatic nitrogens is 2. The van der Waals surface area contributed by atoms with Gasteiger partial charge in [-0.2, -0.15) is 13.2 Å². The zero-order chi connectivity index (χ0) is 19.3. The van der Waals surface area contributed by atoms with E-state index in [4.69, 9.17) is 4.52 Å². The van der Waals surface area contributed by atoms with E-state index in [9.17, 15) is 18.3 Å². The highest BCUT2D eigenvalue weighted by Gasteiger charge is 2.30. The van der Waals surface area contributed by atoms with Crippen LogP contribution in [-0.4, -0.2) is 11.3 Å². The number of nitrogens with one attached hydrogen (secondary N) is 1. The minimum Gasteiger partial charge on any atom is -0.846 e. The number of anilines is 1. The molecule has 0 unspecified atom stereocenters. The molecule has 0 saturated heterocycles. The number of hydrogen-bond donors (Lipinski definition) is 1. The van der Waals surface area contributed by atoms with Gasteiger partial charge in [0.1, 0.15) is 0 Å². The fourth-order valence-electron chi connectivity index (χ4n) is 2.34. The van der Waals surface area contributed by atoms with E-state index in [1.54, 1.807) is 0 Å². The van der Waals surface area contributed by atoms with Crippen molar-refractivity contribution in [3.05, 3.63) is 71.9 Å². The summed E-state index contributed by atoms with van der Waals surface area (Å²) in [7, 11) is 0. The quantitative estimate of drug-likeness (QED) is 0.422. The first-order chi connectivity index (χ1) is 12.9. The van der Waals surface area contributed by atoms with Crippen LogP contribution in [0.4, 0.5) is 24.7 Å². The Morgan fingerprint density at radius 2 is 1.93 bits per heavy atom. The summed E-state index contributed by atoms with van der Waals surface area (Å²) in [5, 5.41) is 17.9. The molecule has 0 aliphatic carbocycles. The Hall–Kier alpha value is -3.36. The van der Waals surface area contributed by atoms with Crippen molar-refractivity contribution in [1.82, 2.24) is 5.27 Å². The molecule has 1 aromatic heterocycles. The van der Waals surface area contributed by atoms with E-state index >= 15 is 0 Å². The van der Waals surface area contributed by atoms with Crippen LogP contribution in [0.3, 0.4) is 0 Å². The lowest BCUT2D eigenvalue weighted by molar-refractivity contribution is -0.761. The highest BCUT2D eigenvalue weighted by molar-refractivity contribution is 5.87.